The molecule has 10 heteroatoms. The molecule has 0 unspecified atom stereocenters. The molecule has 0 spiro atoms. The van der Waals surface area contributed by atoms with Crippen LogP contribution in [-0.4, -0.2) is 50.6 Å². The van der Waals surface area contributed by atoms with Crippen LogP contribution in [0.1, 0.15) is 31.4 Å². The van der Waals surface area contributed by atoms with Crippen molar-refractivity contribution >= 4 is 11.9 Å². The van der Waals surface area contributed by atoms with Crippen LogP contribution in [0.2, 0.25) is 0 Å². The summed E-state index contributed by atoms with van der Waals surface area (Å²) in [6.07, 6.45) is 2.64. The van der Waals surface area contributed by atoms with E-state index in [1.165, 1.54) is 0 Å². The van der Waals surface area contributed by atoms with E-state index in [2.05, 4.69) is 30.2 Å². The predicted octanol–water partition coefficient (Wildman–Crippen LogP) is 2.09. The van der Waals surface area contributed by atoms with E-state index in [0.29, 0.717) is 31.7 Å². The Balaban J connectivity index is 1.75. The highest BCUT2D eigenvalue weighted by Crippen LogP contribution is 2.34. The van der Waals surface area contributed by atoms with Crippen molar-refractivity contribution in [2.45, 2.75) is 44.1 Å². The minimum atomic E-state index is -2.59. The molecule has 140 valence electrons. The number of alkyl halides is 2. The Morgan fingerprint density at radius 3 is 2.69 bits per heavy atom. The number of nitrogen functional groups attached to an aromatic ring is 1. The lowest BCUT2D eigenvalue weighted by atomic mass is 9.92. The average molecular weight is 365 g/mol. The number of ether oxygens (including phenoxy) is 1. The van der Waals surface area contributed by atoms with Gasteiger partial charge in [0.1, 0.15) is 0 Å². The maximum Gasteiger partial charge on any atom is 0.248 e. The van der Waals surface area contributed by atoms with Crippen LogP contribution < -0.4 is 11.1 Å². The fourth-order valence-corrected chi connectivity index (χ4v) is 2.77. The van der Waals surface area contributed by atoms with Gasteiger partial charge in [-0.05, 0) is 18.9 Å². The van der Waals surface area contributed by atoms with Gasteiger partial charge in [0.05, 0.1) is 6.61 Å². The molecule has 0 bridgehead atoms. The lowest BCUT2D eigenvalue weighted by molar-refractivity contribution is -0.0361. The first kappa shape index (κ1) is 18.3. The fraction of sp³-hybridized carbons (Fsp3) is 0.562. The smallest absolute Gasteiger partial charge is 0.248 e. The van der Waals surface area contributed by atoms with E-state index in [1.54, 1.807) is 19.4 Å². The Kier molecular flexibility index (Phi) is 5.50. The summed E-state index contributed by atoms with van der Waals surface area (Å²) in [4.78, 5) is 21.0. The minimum absolute atomic E-state index is 0.0181. The van der Waals surface area contributed by atoms with Crippen LogP contribution in [-0.2, 0) is 11.2 Å². The van der Waals surface area contributed by atoms with Gasteiger partial charge in [-0.2, -0.15) is 15.0 Å². The molecule has 8 nitrogen and oxygen atoms in total. The van der Waals surface area contributed by atoms with Gasteiger partial charge in [-0.3, -0.25) is 0 Å². The quantitative estimate of drug-likeness (QED) is 0.800. The van der Waals surface area contributed by atoms with Crippen molar-refractivity contribution < 1.29 is 13.5 Å². The van der Waals surface area contributed by atoms with Crippen LogP contribution in [0.5, 0.6) is 0 Å². The number of hydrogen-bond acceptors (Lipinski definition) is 8. The standard InChI is InChI=1S/C16H21F2N7O/c1-26-9-5-11-4-8-20-12(21-11)13-23-14(19)25-15(24-13)22-10-2-6-16(17,18)7-3-10/h4,8,10H,2-3,5-7,9H2,1H3,(H3,19,22,23,24,25). The average Bonchev–Trinajstić information content (AvgIpc) is 2.61. The van der Waals surface area contributed by atoms with Gasteiger partial charge in [0, 0.05) is 44.3 Å². The van der Waals surface area contributed by atoms with Gasteiger partial charge < -0.3 is 15.8 Å². The van der Waals surface area contributed by atoms with E-state index in [-0.39, 0.29) is 36.6 Å². The number of aromatic nitrogens is 5. The van der Waals surface area contributed by atoms with Crippen molar-refractivity contribution in [3.63, 3.8) is 0 Å². The second-order valence-corrected chi connectivity index (χ2v) is 6.23. The third kappa shape index (κ3) is 4.78. The number of rotatable bonds is 6. The molecular formula is C16H21F2N7O. The Hall–Kier alpha value is -2.49. The summed E-state index contributed by atoms with van der Waals surface area (Å²) in [5.74, 6) is -1.76. The number of nitrogens with one attached hydrogen (secondary N) is 1. The van der Waals surface area contributed by atoms with Gasteiger partial charge in [-0.1, -0.05) is 0 Å². The van der Waals surface area contributed by atoms with E-state index >= 15 is 0 Å². The summed E-state index contributed by atoms with van der Waals surface area (Å²) in [5.41, 5.74) is 6.56. The van der Waals surface area contributed by atoms with Gasteiger partial charge in [0.2, 0.25) is 23.6 Å². The zero-order valence-electron chi connectivity index (χ0n) is 14.5. The molecule has 0 aliphatic heterocycles. The van der Waals surface area contributed by atoms with Crippen LogP contribution in [0.4, 0.5) is 20.7 Å². The predicted molar refractivity (Wildman–Crippen MR) is 91.7 cm³/mol. The third-order valence-electron chi connectivity index (χ3n) is 4.18. The summed E-state index contributed by atoms with van der Waals surface area (Å²) in [6.45, 7) is 0.537. The Morgan fingerprint density at radius 2 is 1.96 bits per heavy atom. The van der Waals surface area contributed by atoms with Gasteiger partial charge >= 0.3 is 0 Å². The van der Waals surface area contributed by atoms with Gasteiger partial charge in [0.15, 0.2) is 5.82 Å². The highest BCUT2D eigenvalue weighted by Gasteiger charge is 2.35. The first-order valence-electron chi connectivity index (χ1n) is 8.42. The fourth-order valence-electron chi connectivity index (χ4n) is 2.77. The number of anilines is 2. The molecule has 26 heavy (non-hydrogen) atoms. The van der Waals surface area contributed by atoms with Crippen LogP contribution in [0.25, 0.3) is 11.6 Å². The summed E-state index contributed by atoms with van der Waals surface area (Å²) in [6, 6.07) is 1.66. The molecule has 1 fully saturated rings. The second kappa shape index (κ2) is 7.81. The zero-order valence-corrected chi connectivity index (χ0v) is 14.5. The summed E-state index contributed by atoms with van der Waals surface area (Å²) in [7, 11) is 1.62. The first-order chi connectivity index (χ1) is 12.4. The van der Waals surface area contributed by atoms with Crippen molar-refractivity contribution in [1.29, 1.82) is 0 Å². The maximum absolute atomic E-state index is 13.3. The Labute approximate surface area is 149 Å². The van der Waals surface area contributed by atoms with Crippen LogP contribution >= 0.6 is 0 Å². The van der Waals surface area contributed by atoms with E-state index in [0.717, 1.165) is 5.69 Å². The van der Waals surface area contributed by atoms with Crippen LogP contribution in [0.3, 0.4) is 0 Å². The Morgan fingerprint density at radius 1 is 1.19 bits per heavy atom. The summed E-state index contributed by atoms with van der Waals surface area (Å²) in [5, 5.41) is 3.07. The van der Waals surface area contributed by atoms with E-state index < -0.39 is 5.92 Å². The highest BCUT2D eigenvalue weighted by atomic mass is 19.3. The van der Waals surface area contributed by atoms with Crippen molar-refractivity contribution in [1.82, 2.24) is 24.9 Å². The Bertz CT molecular complexity index is 749. The molecule has 2 aromatic heterocycles. The lowest BCUT2D eigenvalue weighted by Crippen LogP contribution is -2.32. The SMILES string of the molecule is COCCc1ccnc(-c2nc(N)nc(NC3CCC(F)(F)CC3)n2)n1. The topological polar surface area (TPSA) is 112 Å². The molecule has 0 saturated heterocycles. The molecule has 2 aromatic rings. The van der Waals surface area contributed by atoms with Gasteiger partial charge in [0.25, 0.3) is 0 Å². The number of nitrogens with zero attached hydrogens (tertiary/aromatic N) is 5. The van der Waals surface area contributed by atoms with Gasteiger partial charge in [-0.15, -0.1) is 0 Å². The summed E-state index contributed by atoms with van der Waals surface area (Å²) >= 11 is 0. The minimum Gasteiger partial charge on any atom is -0.384 e. The lowest BCUT2D eigenvalue weighted by Gasteiger charge is -2.28. The van der Waals surface area contributed by atoms with E-state index in [4.69, 9.17) is 10.5 Å². The molecule has 1 aliphatic rings. The first-order valence-corrected chi connectivity index (χ1v) is 8.42. The molecule has 2 heterocycles. The monoisotopic (exact) mass is 365 g/mol. The van der Waals surface area contributed by atoms with Crippen molar-refractivity contribution in [2.24, 2.45) is 0 Å². The van der Waals surface area contributed by atoms with Crippen molar-refractivity contribution in [2.75, 3.05) is 24.8 Å². The van der Waals surface area contributed by atoms with Gasteiger partial charge in [-0.25, -0.2) is 18.7 Å². The molecule has 3 rings (SSSR count). The molecule has 1 aliphatic carbocycles. The highest BCUT2D eigenvalue weighted by molar-refractivity contribution is 5.48. The van der Waals surface area contributed by atoms with Crippen LogP contribution in [0.15, 0.2) is 12.3 Å². The number of hydrogen-bond donors (Lipinski definition) is 2. The molecule has 0 aromatic carbocycles. The molecular weight excluding hydrogens is 344 g/mol. The molecule has 0 amide bonds. The number of halogens is 2. The normalized spacial score (nSPS) is 17.2. The van der Waals surface area contributed by atoms with Crippen LogP contribution in [0, 0.1) is 0 Å². The van der Waals surface area contributed by atoms with E-state index in [9.17, 15) is 8.78 Å². The molecule has 1 saturated carbocycles. The molecule has 0 atom stereocenters. The molecule has 3 N–H and O–H groups in total. The number of methoxy groups -OCH3 is 1. The maximum atomic E-state index is 13.3. The largest absolute Gasteiger partial charge is 0.384 e. The van der Waals surface area contributed by atoms with Crippen molar-refractivity contribution in [3.05, 3.63) is 18.0 Å². The number of nitrogens with two attached hydrogens (primary N) is 1. The summed E-state index contributed by atoms with van der Waals surface area (Å²) < 4.78 is 31.6. The zero-order chi connectivity index (χ0) is 18.6. The third-order valence-corrected chi connectivity index (χ3v) is 4.18. The van der Waals surface area contributed by atoms with Crippen molar-refractivity contribution in [3.8, 4) is 11.6 Å². The second-order valence-electron chi connectivity index (χ2n) is 6.23. The molecule has 0 radical (unpaired) electrons. The van der Waals surface area contributed by atoms with E-state index in [1.807, 2.05) is 0 Å².